The summed E-state index contributed by atoms with van der Waals surface area (Å²) in [6.45, 7) is 0. The molecule has 2 amide bonds. The molecule has 3 aromatic rings. The largest absolute Gasteiger partial charge is 0.497 e. The number of hydrazone groups is 1. The van der Waals surface area contributed by atoms with Gasteiger partial charge in [-0.05, 0) is 41.5 Å². The Labute approximate surface area is 222 Å². The highest BCUT2D eigenvalue weighted by Gasteiger charge is 2.65. The van der Waals surface area contributed by atoms with Gasteiger partial charge in [0.25, 0.3) is 5.69 Å². The van der Waals surface area contributed by atoms with Gasteiger partial charge in [0.05, 0.1) is 43.2 Å². The molecule has 0 aromatic heterocycles. The molecule has 1 unspecified atom stereocenters. The minimum absolute atomic E-state index is 0.0362. The van der Waals surface area contributed by atoms with Gasteiger partial charge < -0.3 is 9.47 Å². The zero-order valence-electron chi connectivity index (χ0n) is 20.9. The molecular weight excluding hydrogens is 504 g/mol. The standard InChI is InChI=1S/C28H22N4O7/c1-38-18-10-7-15(8-11-18)26(33)25-23-22(24-19-6-4-3-5-16(19)14-29-31(24)25)27(34)30(28(23)35)20-13-17(32(36)37)9-12-21(20)39-2/h3-14,22-25H,1-2H3/t22-,23+,24?,25-/m1/s1. The second-order valence-electron chi connectivity index (χ2n) is 9.41. The Kier molecular flexibility index (Phi) is 5.63. The van der Waals surface area contributed by atoms with Crippen molar-refractivity contribution in [2.45, 2.75) is 12.1 Å². The zero-order valence-corrected chi connectivity index (χ0v) is 20.9. The molecule has 0 aliphatic carbocycles. The van der Waals surface area contributed by atoms with E-state index >= 15 is 0 Å². The van der Waals surface area contributed by atoms with Gasteiger partial charge in [0.15, 0.2) is 5.78 Å². The predicted molar refractivity (Wildman–Crippen MR) is 139 cm³/mol. The smallest absolute Gasteiger partial charge is 0.271 e. The number of nitro benzene ring substituents is 1. The number of Topliss-reactive ketones (excluding diaryl/α,β-unsaturated/α-hetero) is 1. The van der Waals surface area contributed by atoms with Gasteiger partial charge in [0.2, 0.25) is 11.8 Å². The van der Waals surface area contributed by atoms with Crippen molar-refractivity contribution in [3.8, 4) is 11.5 Å². The maximum absolute atomic E-state index is 14.1. The SMILES string of the molecule is COc1ccc(C(=O)[C@H]2[C@H]3C(=O)N(c4cc([N+](=O)[O-])ccc4OC)C(=O)[C@H]3C3c4ccccc4C=NN32)cc1. The lowest BCUT2D eigenvalue weighted by Gasteiger charge is -2.33. The van der Waals surface area contributed by atoms with Gasteiger partial charge in [-0.1, -0.05) is 24.3 Å². The number of methoxy groups -OCH3 is 2. The second kappa shape index (κ2) is 9.05. The Bertz CT molecular complexity index is 1570. The number of imide groups is 1. The molecular formula is C28H22N4O7. The van der Waals surface area contributed by atoms with Gasteiger partial charge in [0, 0.05) is 17.7 Å². The van der Waals surface area contributed by atoms with Gasteiger partial charge in [-0.2, -0.15) is 5.10 Å². The van der Waals surface area contributed by atoms with Gasteiger partial charge >= 0.3 is 0 Å². The number of anilines is 1. The highest BCUT2D eigenvalue weighted by atomic mass is 16.6. The first-order chi connectivity index (χ1) is 18.8. The van der Waals surface area contributed by atoms with Crippen molar-refractivity contribution in [2.75, 3.05) is 19.1 Å². The number of benzene rings is 3. The molecule has 196 valence electrons. The fourth-order valence-electron chi connectivity index (χ4n) is 5.80. The van der Waals surface area contributed by atoms with E-state index < -0.39 is 40.7 Å². The normalized spacial score (nSPS) is 22.8. The Hall–Kier alpha value is -5.06. The summed E-state index contributed by atoms with van der Waals surface area (Å²) < 4.78 is 10.6. The number of fused-ring (bicyclic) bond motifs is 5. The molecule has 3 aliphatic heterocycles. The van der Waals surface area contributed by atoms with Crippen LogP contribution in [0.3, 0.4) is 0 Å². The summed E-state index contributed by atoms with van der Waals surface area (Å²) in [6, 6.07) is 15.8. The maximum Gasteiger partial charge on any atom is 0.271 e. The summed E-state index contributed by atoms with van der Waals surface area (Å²) in [5, 5.41) is 17.6. The van der Waals surface area contributed by atoms with E-state index in [4.69, 9.17) is 9.47 Å². The summed E-state index contributed by atoms with van der Waals surface area (Å²) in [7, 11) is 2.86. The minimum Gasteiger partial charge on any atom is -0.497 e. The fourth-order valence-corrected chi connectivity index (χ4v) is 5.80. The number of amides is 2. The van der Waals surface area contributed by atoms with Gasteiger partial charge in [-0.15, -0.1) is 0 Å². The van der Waals surface area contributed by atoms with E-state index in [1.54, 1.807) is 35.5 Å². The Morgan fingerprint density at radius 1 is 0.949 bits per heavy atom. The maximum atomic E-state index is 14.1. The highest BCUT2D eigenvalue weighted by Crippen LogP contribution is 2.54. The molecule has 4 atom stereocenters. The molecule has 3 heterocycles. The number of ether oxygens (including phenoxy) is 2. The van der Waals surface area contributed by atoms with Gasteiger partial charge in [0.1, 0.15) is 23.2 Å². The van der Waals surface area contributed by atoms with Crippen molar-refractivity contribution in [1.29, 1.82) is 0 Å². The predicted octanol–water partition coefficient (Wildman–Crippen LogP) is 3.37. The van der Waals surface area contributed by atoms with Crippen LogP contribution in [-0.2, 0) is 9.59 Å². The fraction of sp³-hybridized carbons (Fsp3) is 0.214. The van der Waals surface area contributed by atoms with Crippen LogP contribution in [0.5, 0.6) is 11.5 Å². The third kappa shape index (κ3) is 3.57. The van der Waals surface area contributed by atoms with Crippen LogP contribution in [0.15, 0.2) is 71.8 Å². The molecule has 0 saturated carbocycles. The van der Waals surface area contributed by atoms with E-state index in [0.29, 0.717) is 11.3 Å². The highest BCUT2D eigenvalue weighted by molar-refractivity contribution is 6.25. The summed E-state index contributed by atoms with van der Waals surface area (Å²) in [6.07, 6.45) is 1.62. The average molecular weight is 527 g/mol. The number of hydrogen-bond acceptors (Lipinski definition) is 9. The van der Waals surface area contributed by atoms with Crippen LogP contribution >= 0.6 is 0 Å². The van der Waals surface area contributed by atoms with Gasteiger partial charge in [-0.3, -0.25) is 29.5 Å². The van der Waals surface area contributed by atoms with E-state index in [0.717, 1.165) is 22.1 Å². The zero-order chi connectivity index (χ0) is 27.4. The van der Waals surface area contributed by atoms with Crippen LogP contribution in [0, 0.1) is 22.0 Å². The first-order valence-corrected chi connectivity index (χ1v) is 12.2. The minimum atomic E-state index is -1.08. The first kappa shape index (κ1) is 24.3. The van der Waals surface area contributed by atoms with Crippen molar-refractivity contribution < 1.29 is 28.8 Å². The number of carbonyl (C=O) groups is 3. The van der Waals surface area contributed by atoms with Crippen molar-refractivity contribution >= 4 is 35.2 Å². The van der Waals surface area contributed by atoms with Gasteiger partial charge in [-0.25, -0.2) is 4.90 Å². The quantitative estimate of drug-likeness (QED) is 0.207. The number of hydrogen-bond donors (Lipinski definition) is 0. The lowest BCUT2D eigenvalue weighted by atomic mass is 9.83. The molecule has 0 bridgehead atoms. The number of carbonyl (C=O) groups excluding carboxylic acids is 3. The van der Waals surface area contributed by atoms with Crippen molar-refractivity contribution in [1.82, 2.24) is 5.01 Å². The lowest BCUT2D eigenvalue weighted by molar-refractivity contribution is -0.384. The van der Waals surface area contributed by atoms with E-state index in [1.807, 2.05) is 24.3 Å². The summed E-state index contributed by atoms with van der Waals surface area (Å²) in [4.78, 5) is 53.9. The molecule has 2 saturated heterocycles. The Morgan fingerprint density at radius 3 is 2.36 bits per heavy atom. The lowest BCUT2D eigenvalue weighted by Crippen LogP contribution is -2.44. The molecule has 3 aromatic carbocycles. The number of non-ortho nitro benzene ring substituents is 1. The monoisotopic (exact) mass is 526 g/mol. The van der Waals surface area contributed by atoms with Crippen molar-refractivity contribution in [3.05, 3.63) is 93.5 Å². The molecule has 6 rings (SSSR count). The van der Waals surface area contributed by atoms with Crippen LogP contribution < -0.4 is 14.4 Å². The van der Waals surface area contributed by atoms with E-state index in [1.165, 1.54) is 26.4 Å². The van der Waals surface area contributed by atoms with Crippen LogP contribution in [0.1, 0.15) is 27.5 Å². The summed E-state index contributed by atoms with van der Waals surface area (Å²) >= 11 is 0. The van der Waals surface area contributed by atoms with E-state index in [2.05, 4.69) is 5.10 Å². The van der Waals surface area contributed by atoms with Crippen LogP contribution in [0.4, 0.5) is 11.4 Å². The summed E-state index contributed by atoms with van der Waals surface area (Å²) in [5.41, 5.74) is 1.54. The molecule has 11 nitrogen and oxygen atoms in total. The second-order valence-corrected chi connectivity index (χ2v) is 9.41. The molecule has 11 heteroatoms. The number of nitrogens with zero attached hydrogens (tertiary/aromatic N) is 4. The molecule has 0 spiro atoms. The molecule has 39 heavy (non-hydrogen) atoms. The molecule has 3 aliphatic rings. The Morgan fingerprint density at radius 2 is 1.67 bits per heavy atom. The number of ketones is 1. The third-order valence-electron chi connectivity index (χ3n) is 7.55. The molecule has 2 fully saturated rings. The number of nitro groups is 1. The van der Waals surface area contributed by atoms with Crippen LogP contribution in [-0.4, -0.2) is 54.0 Å². The average Bonchev–Trinajstić information content (AvgIpc) is 3.44. The van der Waals surface area contributed by atoms with Crippen molar-refractivity contribution in [2.24, 2.45) is 16.9 Å². The van der Waals surface area contributed by atoms with Crippen molar-refractivity contribution in [3.63, 3.8) is 0 Å². The molecule has 0 radical (unpaired) electrons. The third-order valence-corrected chi connectivity index (χ3v) is 7.55. The topological polar surface area (TPSA) is 132 Å². The Balaban J connectivity index is 1.50. The van der Waals surface area contributed by atoms with E-state index in [-0.39, 0.29) is 22.9 Å². The van der Waals surface area contributed by atoms with E-state index in [9.17, 15) is 24.5 Å². The van der Waals surface area contributed by atoms with Crippen LogP contribution in [0.2, 0.25) is 0 Å². The first-order valence-electron chi connectivity index (χ1n) is 12.2. The molecule has 0 N–H and O–H groups in total. The number of rotatable bonds is 6. The van der Waals surface area contributed by atoms with Crippen LogP contribution in [0.25, 0.3) is 0 Å². The summed E-state index contributed by atoms with van der Waals surface area (Å²) in [5.74, 6) is -2.93.